The maximum atomic E-state index is 11.3. The van der Waals surface area contributed by atoms with Crippen LogP contribution in [0, 0.1) is 0 Å². The van der Waals surface area contributed by atoms with Gasteiger partial charge in [-0.3, -0.25) is 9.59 Å². The number of rotatable bonds is 3. The average Bonchev–Trinajstić information content (AvgIpc) is 2.18. The Morgan fingerprint density at radius 3 is 2.50 bits per heavy atom. The molecule has 0 saturated carbocycles. The summed E-state index contributed by atoms with van der Waals surface area (Å²) in [4.78, 5) is 23.9. The first kappa shape index (κ1) is 12.5. The normalized spacial score (nSPS) is 26.6. The van der Waals surface area contributed by atoms with E-state index in [9.17, 15) is 9.59 Å². The van der Waals surface area contributed by atoms with Gasteiger partial charge in [0.1, 0.15) is 5.70 Å². The summed E-state index contributed by atoms with van der Waals surface area (Å²) in [6.45, 7) is 5.33. The second-order valence-corrected chi connectivity index (χ2v) is 4.11. The number of carbonyl (C=O) groups excluding carboxylic acids is 2. The van der Waals surface area contributed by atoms with Gasteiger partial charge in [0.15, 0.2) is 0 Å². The maximum absolute atomic E-state index is 11.3. The van der Waals surface area contributed by atoms with Crippen LogP contribution < -0.4 is 16.8 Å². The number of primary amides is 2. The minimum atomic E-state index is -0.660. The molecule has 2 amide bonds. The van der Waals surface area contributed by atoms with Gasteiger partial charge in [0, 0.05) is 31.2 Å². The van der Waals surface area contributed by atoms with Crippen LogP contribution in [-0.4, -0.2) is 41.9 Å². The van der Waals surface area contributed by atoms with E-state index in [1.54, 1.807) is 0 Å². The van der Waals surface area contributed by atoms with Crippen molar-refractivity contribution >= 4 is 11.8 Å². The van der Waals surface area contributed by atoms with Gasteiger partial charge in [-0.25, -0.2) is 0 Å². The molecule has 0 aromatic heterocycles. The molecule has 1 rings (SSSR count). The number of nitrogens with two attached hydrogens (primary N) is 2. The SMILES string of the molecule is C[C@@H]1CN(C(=CC(N)=O)C(N)=O)[C@@H](C)CN1. The van der Waals surface area contributed by atoms with Crippen LogP contribution >= 0.6 is 0 Å². The molecule has 5 N–H and O–H groups in total. The van der Waals surface area contributed by atoms with Crippen molar-refractivity contribution in [3.8, 4) is 0 Å². The van der Waals surface area contributed by atoms with Crippen LogP contribution in [0.1, 0.15) is 13.8 Å². The summed E-state index contributed by atoms with van der Waals surface area (Å²) in [6, 6.07) is 0.348. The Hall–Kier alpha value is -1.56. The number of piperazine rings is 1. The van der Waals surface area contributed by atoms with Crippen molar-refractivity contribution < 1.29 is 9.59 Å². The Labute approximate surface area is 94.6 Å². The topological polar surface area (TPSA) is 101 Å². The summed E-state index contributed by atoms with van der Waals surface area (Å²) in [5.74, 6) is -1.29. The zero-order valence-electron chi connectivity index (χ0n) is 9.56. The van der Waals surface area contributed by atoms with E-state index in [1.807, 2.05) is 18.7 Å². The van der Waals surface area contributed by atoms with Gasteiger partial charge in [-0.1, -0.05) is 0 Å². The van der Waals surface area contributed by atoms with Crippen molar-refractivity contribution in [3.05, 3.63) is 11.8 Å². The minimum Gasteiger partial charge on any atom is -0.366 e. The van der Waals surface area contributed by atoms with Crippen LogP contribution in [0.25, 0.3) is 0 Å². The molecule has 1 heterocycles. The predicted molar refractivity (Wildman–Crippen MR) is 60.1 cm³/mol. The number of nitrogens with one attached hydrogen (secondary N) is 1. The summed E-state index contributed by atoms with van der Waals surface area (Å²) in [7, 11) is 0. The van der Waals surface area contributed by atoms with Gasteiger partial charge in [0.2, 0.25) is 5.91 Å². The van der Waals surface area contributed by atoms with Gasteiger partial charge >= 0.3 is 0 Å². The van der Waals surface area contributed by atoms with Crippen molar-refractivity contribution in [1.82, 2.24) is 10.2 Å². The molecule has 0 spiro atoms. The Bertz CT molecular complexity index is 327. The molecular weight excluding hydrogens is 208 g/mol. The summed E-state index contributed by atoms with van der Waals surface area (Å²) in [5.41, 5.74) is 10.5. The molecule has 1 saturated heterocycles. The van der Waals surface area contributed by atoms with E-state index >= 15 is 0 Å². The molecule has 0 aromatic carbocycles. The first-order valence-electron chi connectivity index (χ1n) is 5.22. The van der Waals surface area contributed by atoms with E-state index in [4.69, 9.17) is 11.5 Å². The molecule has 90 valence electrons. The highest BCUT2D eigenvalue weighted by Crippen LogP contribution is 2.13. The number of carbonyl (C=O) groups is 2. The third-order valence-corrected chi connectivity index (χ3v) is 2.61. The van der Waals surface area contributed by atoms with E-state index in [0.717, 1.165) is 12.6 Å². The summed E-state index contributed by atoms with van der Waals surface area (Å²) < 4.78 is 0. The van der Waals surface area contributed by atoms with Crippen LogP contribution in [0.2, 0.25) is 0 Å². The quantitative estimate of drug-likeness (QED) is 0.511. The maximum Gasteiger partial charge on any atom is 0.265 e. The molecule has 0 radical (unpaired) electrons. The van der Waals surface area contributed by atoms with Crippen LogP contribution in [0.3, 0.4) is 0 Å². The third kappa shape index (κ3) is 2.96. The van der Waals surface area contributed by atoms with Crippen molar-refractivity contribution in [2.45, 2.75) is 25.9 Å². The molecule has 0 aromatic rings. The largest absolute Gasteiger partial charge is 0.366 e. The molecule has 6 nitrogen and oxygen atoms in total. The zero-order valence-corrected chi connectivity index (χ0v) is 9.56. The molecule has 1 aliphatic heterocycles. The smallest absolute Gasteiger partial charge is 0.265 e. The van der Waals surface area contributed by atoms with E-state index < -0.39 is 11.8 Å². The number of hydrogen-bond acceptors (Lipinski definition) is 4. The Balaban J connectivity index is 2.93. The lowest BCUT2D eigenvalue weighted by atomic mass is 10.1. The standard InChI is InChI=1S/C10H18N4O2/c1-6-5-14(7(2)4-13-6)8(10(12)16)3-9(11)15/h3,6-7,13H,4-5H2,1-2H3,(H2,11,15)(H2,12,16)/t6-,7+/m1/s1. The molecule has 0 bridgehead atoms. The zero-order chi connectivity index (χ0) is 12.3. The monoisotopic (exact) mass is 226 g/mol. The molecule has 1 aliphatic rings. The molecular formula is C10H18N4O2. The van der Waals surface area contributed by atoms with Crippen LogP contribution in [0.4, 0.5) is 0 Å². The van der Waals surface area contributed by atoms with Gasteiger partial charge in [0.25, 0.3) is 5.91 Å². The highest BCUT2D eigenvalue weighted by molar-refractivity contribution is 5.99. The second kappa shape index (κ2) is 4.98. The fourth-order valence-corrected chi connectivity index (χ4v) is 1.79. The number of nitrogens with zero attached hydrogens (tertiary/aromatic N) is 1. The van der Waals surface area contributed by atoms with Crippen LogP contribution in [0.15, 0.2) is 11.8 Å². The van der Waals surface area contributed by atoms with E-state index in [-0.39, 0.29) is 17.8 Å². The highest BCUT2D eigenvalue weighted by atomic mass is 16.2. The first-order chi connectivity index (χ1) is 7.41. The van der Waals surface area contributed by atoms with Gasteiger partial charge in [-0.05, 0) is 13.8 Å². The Morgan fingerprint density at radius 1 is 1.38 bits per heavy atom. The van der Waals surface area contributed by atoms with E-state index in [0.29, 0.717) is 6.54 Å². The number of amides is 2. The van der Waals surface area contributed by atoms with Gasteiger partial charge < -0.3 is 21.7 Å². The first-order valence-corrected chi connectivity index (χ1v) is 5.22. The summed E-state index contributed by atoms with van der Waals surface area (Å²) >= 11 is 0. The van der Waals surface area contributed by atoms with Crippen molar-refractivity contribution in [2.24, 2.45) is 11.5 Å². The molecule has 2 atom stereocenters. The van der Waals surface area contributed by atoms with Gasteiger partial charge in [-0.15, -0.1) is 0 Å². The van der Waals surface area contributed by atoms with Crippen LogP contribution in [0.5, 0.6) is 0 Å². The average molecular weight is 226 g/mol. The minimum absolute atomic E-state index is 0.106. The van der Waals surface area contributed by atoms with Gasteiger partial charge in [0.05, 0.1) is 0 Å². The Morgan fingerprint density at radius 2 is 2.00 bits per heavy atom. The molecule has 0 aliphatic carbocycles. The molecule has 0 unspecified atom stereocenters. The van der Waals surface area contributed by atoms with Crippen molar-refractivity contribution in [3.63, 3.8) is 0 Å². The lowest BCUT2D eigenvalue weighted by molar-refractivity contribution is -0.118. The molecule has 6 heteroatoms. The predicted octanol–water partition coefficient (Wildman–Crippen LogP) is -1.48. The summed E-state index contributed by atoms with van der Waals surface area (Å²) in [6.07, 6.45) is 1.09. The second-order valence-electron chi connectivity index (χ2n) is 4.11. The fraction of sp³-hybridized carbons (Fsp3) is 0.600. The van der Waals surface area contributed by atoms with Gasteiger partial charge in [-0.2, -0.15) is 0 Å². The third-order valence-electron chi connectivity index (χ3n) is 2.61. The summed E-state index contributed by atoms with van der Waals surface area (Å²) in [5, 5.41) is 3.27. The van der Waals surface area contributed by atoms with Crippen LogP contribution in [-0.2, 0) is 9.59 Å². The van der Waals surface area contributed by atoms with Crippen molar-refractivity contribution in [1.29, 1.82) is 0 Å². The lowest BCUT2D eigenvalue weighted by Gasteiger charge is -2.39. The molecule has 16 heavy (non-hydrogen) atoms. The van der Waals surface area contributed by atoms with Crippen molar-refractivity contribution in [2.75, 3.05) is 13.1 Å². The highest BCUT2D eigenvalue weighted by Gasteiger charge is 2.26. The molecule has 1 fully saturated rings. The lowest BCUT2D eigenvalue weighted by Crippen LogP contribution is -2.55. The number of hydrogen-bond donors (Lipinski definition) is 3. The Kier molecular flexibility index (Phi) is 3.89. The fourth-order valence-electron chi connectivity index (χ4n) is 1.79. The van der Waals surface area contributed by atoms with E-state index in [1.165, 1.54) is 0 Å². The van der Waals surface area contributed by atoms with E-state index in [2.05, 4.69) is 5.32 Å².